The number of carbonyl (C=O) groups is 1. The van der Waals surface area contributed by atoms with E-state index in [1.54, 1.807) is 0 Å². The molecule has 0 bridgehead atoms. The molecule has 1 atom stereocenters. The van der Waals surface area contributed by atoms with E-state index in [1.807, 2.05) is 0 Å². The first-order valence-corrected chi connectivity index (χ1v) is 11.3. The van der Waals surface area contributed by atoms with Gasteiger partial charge in [0.2, 0.25) is 11.9 Å². The predicted octanol–water partition coefficient (Wildman–Crippen LogP) is 0.379. The molecule has 0 aliphatic rings. The molecule has 1 aromatic heterocycles. The fourth-order valence-corrected chi connectivity index (χ4v) is 4.30. The van der Waals surface area contributed by atoms with Gasteiger partial charge in [0.15, 0.2) is 0 Å². The van der Waals surface area contributed by atoms with Crippen molar-refractivity contribution in [3.8, 4) is 0 Å². The molecule has 28 heavy (non-hydrogen) atoms. The predicted molar refractivity (Wildman–Crippen MR) is 106 cm³/mol. The van der Waals surface area contributed by atoms with Crippen molar-refractivity contribution in [3.63, 3.8) is 0 Å². The summed E-state index contributed by atoms with van der Waals surface area (Å²) in [6.07, 6.45) is 1.67. The number of nitrogens with zero attached hydrogens (tertiary/aromatic N) is 2. The van der Waals surface area contributed by atoms with Crippen LogP contribution in [-0.2, 0) is 18.1 Å². The minimum absolute atomic E-state index is 0.0377. The van der Waals surface area contributed by atoms with Gasteiger partial charge in [-0.2, -0.15) is 0 Å². The summed E-state index contributed by atoms with van der Waals surface area (Å²) in [6, 6.07) is 0.544. The first-order valence-electron chi connectivity index (χ1n) is 9.35. The first kappa shape index (κ1) is 24.5. The monoisotopic (exact) mass is 419 g/mol. The number of hydrogen-bond acceptors (Lipinski definition) is 10. The molecule has 12 heteroatoms. The van der Waals surface area contributed by atoms with Crippen LogP contribution in [0.5, 0.6) is 0 Å². The molecule has 0 aliphatic carbocycles. The summed E-state index contributed by atoms with van der Waals surface area (Å²) in [5.41, 5.74) is 0. The van der Waals surface area contributed by atoms with Crippen molar-refractivity contribution < 1.29 is 28.3 Å². The molecule has 1 unspecified atom stereocenters. The van der Waals surface area contributed by atoms with Gasteiger partial charge >= 0.3 is 8.80 Å². The number of aliphatic hydroxyl groups is 2. The lowest BCUT2D eigenvalue weighted by molar-refractivity contribution is -0.120. The molecule has 0 saturated heterocycles. The smallest absolute Gasteiger partial charge is 0.396 e. The van der Waals surface area contributed by atoms with Crippen LogP contribution in [0.3, 0.4) is 0 Å². The van der Waals surface area contributed by atoms with Crippen molar-refractivity contribution in [2.24, 2.45) is 0 Å². The number of H-pyrrole nitrogens is 1. The van der Waals surface area contributed by atoms with Crippen LogP contribution >= 0.6 is 0 Å². The highest BCUT2D eigenvalue weighted by molar-refractivity contribution is 6.60. The second kappa shape index (κ2) is 13.6. The number of Topliss-reactive ketones (excluding diaryl/α,β-unsaturated/α-hetero) is 1. The summed E-state index contributed by atoms with van der Waals surface area (Å²) in [7, 11) is 1.95. The van der Waals surface area contributed by atoms with Gasteiger partial charge in [-0.3, -0.25) is 9.78 Å². The standard InChI is InChI=1S/C16H33N5O6Si/c1-25-28(26-2,27-3)10-6-7-13(23)11-14(24)12-18-16-19-15(20-21-16)17-8-4-5-9-22/h14,22,24H,4-12H2,1-3H3,(H3,17,18,19,20,21). The number of rotatable bonds is 17. The molecule has 1 rings (SSSR count). The Morgan fingerprint density at radius 2 is 1.75 bits per heavy atom. The molecule has 162 valence electrons. The molecule has 1 aromatic rings. The van der Waals surface area contributed by atoms with Gasteiger partial charge in [0.25, 0.3) is 0 Å². The molecule has 0 radical (unpaired) electrons. The number of aliphatic hydroxyl groups excluding tert-OH is 2. The molecule has 0 aliphatic heterocycles. The summed E-state index contributed by atoms with van der Waals surface area (Å²) in [4.78, 5) is 15.0. The summed E-state index contributed by atoms with van der Waals surface area (Å²) in [5.74, 6) is 0.879. The number of aromatic nitrogens is 3. The van der Waals surface area contributed by atoms with Gasteiger partial charge in [-0.25, -0.2) is 0 Å². The maximum atomic E-state index is 12.0. The Morgan fingerprint density at radius 1 is 1.11 bits per heavy atom. The quantitative estimate of drug-likeness (QED) is 0.177. The van der Waals surface area contributed by atoms with Crippen LogP contribution in [0, 0.1) is 0 Å². The highest BCUT2D eigenvalue weighted by Crippen LogP contribution is 2.17. The fraction of sp³-hybridized carbons (Fsp3) is 0.812. The summed E-state index contributed by atoms with van der Waals surface area (Å²) >= 11 is 0. The lowest BCUT2D eigenvalue weighted by Crippen LogP contribution is -2.42. The minimum Gasteiger partial charge on any atom is -0.396 e. The molecule has 0 fully saturated rings. The van der Waals surface area contributed by atoms with Crippen LogP contribution in [0.2, 0.25) is 6.04 Å². The zero-order valence-corrected chi connectivity index (χ0v) is 17.9. The van der Waals surface area contributed by atoms with Crippen LogP contribution in [0.25, 0.3) is 0 Å². The highest BCUT2D eigenvalue weighted by Gasteiger charge is 2.37. The number of anilines is 2. The Bertz CT molecular complexity index is 549. The topological polar surface area (TPSA) is 151 Å². The van der Waals surface area contributed by atoms with Crippen LogP contribution in [0.15, 0.2) is 0 Å². The van der Waals surface area contributed by atoms with Crippen LogP contribution in [-0.4, -0.2) is 87.1 Å². The van der Waals surface area contributed by atoms with E-state index in [-0.39, 0.29) is 25.4 Å². The van der Waals surface area contributed by atoms with Crippen LogP contribution in [0.1, 0.15) is 32.1 Å². The minimum atomic E-state index is -2.66. The third kappa shape index (κ3) is 9.08. The van der Waals surface area contributed by atoms with Gasteiger partial charge in [0.05, 0.1) is 6.10 Å². The largest absolute Gasteiger partial charge is 0.500 e. The Hall–Kier alpha value is -1.57. The number of hydrogen-bond donors (Lipinski definition) is 5. The maximum absolute atomic E-state index is 12.0. The van der Waals surface area contributed by atoms with Crippen molar-refractivity contribution >= 4 is 26.5 Å². The molecule has 0 spiro atoms. The molecule has 0 aromatic carbocycles. The SMILES string of the molecule is CO[Si](CCCC(=O)CC(O)CNc1nnc(NCCCCO)[nH]1)(OC)OC. The van der Waals surface area contributed by atoms with E-state index in [1.165, 1.54) is 21.3 Å². The average molecular weight is 420 g/mol. The summed E-state index contributed by atoms with van der Waals surface area (Å²) in [5, 5.41) is 32.6. The molecule has 1 heterocycles. The average Bonchev–Trinajstić information content (AvgIpc) is 3.15. The second-order valence-corrected chi connectivity index (χ2v) is 9.40. The van der Waals surface area contributed by atoms with Crippen molar-refractivity contribution in [1.82, 2.24) is 15.2 Å². The number of nitrogens with one attached hydrogen (secondary N) is 3. The molecule has 0 amide bonds. The van der Waals surface area contributed by atoms with E-state index in [9.17, 15) is 9.90 Å². The number of ketones is 1. The van der Waals surface area contributed by atoms with Gasteiger partial charge in [0.1, 0.15) is 5.78 Å². The summed E-state index contributed by atoms with van der Waals surface area (Å²) < 4.78 is 15.9. The third-order valence-electron chi connectivity index (χ3n) is 4.20. The van der Waals surface area contributed by atoms with Crippen molar-refractivity contribution in [3.05, 3.63) is 0 Å². The van der Waals surface area contributed by atoms with Gasteiger partial charge < -0.3 is 34.1 Å². The van der Waals surface area contributed by atoms with Crippen LogP contribution in [0.4, 0.5) is 11.9 Å². The Labute approximate surface area is 166 Å². The third-order valence-corrected chi connectivity index (χ3v) is 7.04. The molecule has 0 saturated carbocycles. The van der Waals surface area contributed by atoms with E-state index in [0.717, 1.165) is 12.8 Å². The van der Waals surface area contributed by atoms with Gasteiger partial charge in [-0.1, -0.05) is 0 Å². The molecule has 11 nitrogen and oxygen atoms in total. The second-order valence-electron chi connectivity index (χ2n) is 6.31. The van der Waals surface area contributed by atoms with E-state index >= 15 is 0 Å². The number of carbonyl (C=O) groups excluding carboxylic acids is 1. The van der Waals surface area contributed by atoms with Crippen molar-refractivity contribution in [2.75, 3.05) is 51.7 Å². The lowest BCUT2D eigenvalue weighted by atomic mass is 10.1. The zero-order valence-electron chi connectivity index (χ0n) is 16.9. The van der Waals surface area contributed by atoms with E-state index in [2.05, 4.69) is 25.8 Å². The first-order chi connectivity index (χ1) is 13.5. The molecular weight excluding hydrogens is 386 g/mol. The Balaban J connectivity index is 2.24. The van der Waals surface area contributed by atoms with Gasteiger partial charge in [-0.15, -0.1) is 10.2 Å². The summed E-state index contributed by atoms with van der Waals surface area (Å²) in [6.45, 7) is 1.01. The fourth-order valence-electron chi connectivity index (χ4n) is 2.57. The number of unbranched alkanes of at least 4 members (excludes halogenated alkanes) is 1. The van der Waals surface area contributed by atoms with Gasteiger partial charge in [-0.05, 0) is 19.3 Å². The Kier molecular flexibility index (Phi) is 11.9. The van der Waals surface area contributed by atoms with Crippen LogP contribution < -0.4 is 10.6 Å². The Morgan fingerprint density at radius 3 is 2.36 bits per heavy atom. The normalized spacial score (nSPS) is 12.8. The van der Waals surface area contributed by atoms with E-state index in [0.29, 0.717) is 37.3 Å². The van der Waals surface area contributed by atoms with Gasteiger partial charge in [0, 0.05) is 59.9 Å². The van der Waals surface area contributed by atoms with Crippen molar-refractivity contribution in [1.29, 1.82) is 0 Å². The molecule has 5 N–H and O–H groups in total. The van der Waals surface area contributed by atoms with Crippen molar-refractivity contribution in [2.45, 2.75) is 44.3 Å². The number of aromatic amines is 1. The molecular formula is C16H33N5O6Si. The lowest BCUT2D eigenvalue weighted by Gasteiger charge is -2.24. The van der Waals surface area contributed by atoms with E-state index < -0.39 is 14.9 Å². The highest BCUT2D eigenvalue weighted by atomic mass is 28.4. The van der Waals surface area contributed by atoms with E-state index in [4.69, 9.17) is 18.4 Å². The maximum Gasteiger partial charge on any atom is 0.500 e. The zero-order chi connectivity index (χ0) is 20.8.